The molecule has 3 rings (SSSR count). The van der Waals surface area contributed by atoms with Gasteiger partial charge in [0.25, 0.3) is 11.5 Å². The van der Waals surface area contributed by atoms with Crippen LogP contribution in [0.5, 0.6) is 0 Å². The van der Waals surface area contributed by atoms with Gasteiger partial charge < -0.3 is 9.64 Å². The molecule has 0 spiro atoms. The average molecular weight is 359 g/mol. The second kappa shape index (κ2) is 8.23. The van der Waals surface area contributed by atoms with Gasteiger partial charge in [0.1, 0.15) is 17.6 Å². The van der Waals surface area contributed by atoms with Crippen molar-refractivity contribution < 1.29 is 13.9 Å². The predicted octanol–water partition coefficient (Wildman–Crippen LogP) is 2.40. The summed E-state index contributed by atoms with van der Waals surface area (Å²) in [5.41, 5.74) is 0.867. The Morgan fingerprint density at radius 2 is 2.04 bits per heavy atom. The maximum absolute atomic E-state index is 13.1. The van der Waals surface area contributed by atoms with Gasteiger partial charge in [0.05, 0.1) is 13.2 Å². The van der Waals surface area contributed by atoms with E-state index < -0.39 is 0 Å². The molecule has 1 amide bonds. The summed E-state index contributed by atoms with van der Waals surface area (Å²) in [7, 11) is 0. The summed E-state index contributed by atoms with van der Waals surface area (Å²) in [6.07, 6.45) is 1.46. The van der Waals surface area contributed by atoms with Gasteiger partial charge in [-0.25, -0.2) is 9.07 Å². The Kier molecular flexibility index (Phi) is 5.78. The van der Waals surface area contributed by atoms with E-state index in [1.165, 1.54) is 28.9 Å². The van der Waals surface area contributed by atoms with E-state index in [0.29, 0.717) is 26.2 Å². The molecule has 0 saturated carbocycles. The lowest BCUT2D eigenvalue weighted by atomic mass is 10.1. The maximum Gasteiger partial charge on any atom is 0.274 e. The van der Waals surface area contributed by atoms with E-state index >= 15 is 0 Å². The van der Waals surface area contributed by atoms with E-state index in [4.69, 9.17) is 4.74 Å². The Hall–Kier alpha value is -2.54. The van der Waals surface area contributed by atoms with Crippen LogP contribution in [0.2, 0.25) is 0 Å². The third-order valence-corrected chi connectivity index (χ3v) is 4.40. The fourth-order valence-corrected chi connectivity index (χ4v) is 2.91. The molecule has 138 valence electrons. The molecule has 2 aromatic rings. The van der Waals surface area contributed by atoms with Gasteiger partial charge in [-0.15, -0.1) is 0 Å². The molecule has 1 atom stereocenters. The number of amides is 1. The van der Waals surface area contributed by atoms with Gasteiger partial charge in [0.2, 0.25) is 0 Å². The molecule has 2 heterocycles. The van der Waals surface area contributed by atoms with E-state index in [-0.39, 0.29) is 29.1 Å². The minimum Gasteiger partial charge on any atom is -0.370 e. The standard InChI is InChI=1S/C19H22FN3O3/c1-2-3-10-23-18(24)9-8-16(21-23)19(25)22-11-12-26-17(13-22)14-4-6-15(20)7-5-14/h4-9,17H,2-3,10-13H2,1H3. The van der Waals surface area contributed by atoms with Gasteiger partial charge >= 0.3 is 0 Å². The molecule has 0 N–H and O–H groups in total. The largest absolute Gasteiger partial charge is 0.370 e. The quantitative estimate of drug-likeness (QED) is 0.822. The molecular formula is C19H22FN3O3. The minimum atomic E-state index is -0.309. The fourth-order valence-electron chi connectivity index (χ4n) is 2.91. The maximum atomic E-state index is 13.1. The van der Waals surface area contributed by atoms with Gasteiger partial charge in [-0.05, 0) is 30.2 Å². The Labute approximate surface area is 151 Å². The molecule has 1 saturated heterocycles. The number of aryl methyl sites for hydroxylation is 1. The summed E-state index contributed by atoms with van der Waals surface area (Å²) in [5, 5.41) is 4.22. The molecule has 1 aliphatic heterocycles. The lowest BCUT2D eigenvalue weighted by Crippen LogP contribution is -2.43. The third kappa shape index (κ3) is 4.16. The second-order valence-corrected chi connectivity index (χ2v) is 6.30. The van der Waals surface area contributed by atoms with E-state index in [9.17, 15) is 14.0 Å². The number of ether oxygens (including phenoxy) is 1. The zero-order chi connectivity index (χ0) is 18.5. The van der Waals surface area contributed by atoms with Crippen molar-refractivity contribution in [1.29, 1.82) is 0 Å². The van der Waals surface area contributed by atoms with Crippen LogP contribution in [0, 0.1) is 5.82 Å². The minimum absolute atomic E-state index is 0.207. The van der Waals surface area contributed by atoms with Crippen molar-refractivity contribution in [2.75, 3.05) is 19.7 Å². The molecule has 1 aliphatic rings. The van der Waals surface area contributed by atoms with Crippen LogP contribution in [0.3, 0.4) is 0 Å². The topological polar surface area (TPSA) is 64.4 Å². The molecule has 1 fully saturated rings. The molecule has 1 aromatic carbocycles. The highest BCUT2D eigenvalue weighted by molar-refractivity contribution is 5.92. The van der Waals surface area contributed by atoms with Crippen LogP contribution in [0.25, 0.3) is 0 Å². The van der Waals surface area contributed by atoms with Gasteiger partial charge in [0.15, 0.2) is 0 Å². The number of rotatable bonds is 5. The first-order chi connectivity index (χ1) is 12.6. The van der Waals surface area contributed by atoms with Crippen molar-refractivity contribution in [2.24, 2.45) is 0 Å². The Bertz CT molecular complexity index is 820. The van der Waals surface area contributed by atoms with Crippen LogP contribution in [0.4, 0.5) is 4.39 Å². The van der Waals surface area contributed by atoms with Gasteiger partial charge in [-0.2, -0.15) is 5.10 Å². The number of carbonyl (C=O) groups is 1. The van der Waals surface area contributed by atoms with Crippen LogP contribution >= 0.6 is 0 Å². The number of morpholine rings is 1. The molecular weight excluding hydrogens is 337 g/mol. The van der Waals surface area contributed by atoms with Crippen LogP contribution in [-0.2, 0) is 11.3 Å². The lowest BCUT2D eigenvalue weighted by molar-refractivity contribution is -0.0231. The van der Waals surface area contributed by atoms with E-state index in [1.807, 2.05) is 6.92 Å². The van der Waals surface area contributed by atoms with Crippen molar-refractivity contribution >= 4 is 5.91 Å². The van der Waals surface area contributed by atoms with Crippen LogP contribution in [0.15, 0.2) is 41.2 Å². The van der Waals surface area contributed by atoms with Gasteiger partial charge in [0, 0.05) is 19.2 Å². The number of benzene rings is 1. The highest BCUT2D eigenvalue weighted by atomic mass is 19.1. The summed E-state index contributed by atoms with van der Waals surface area (Å²) >= 11 is 0. The highest BCUT2D eigenvalue weighted by Crippen LogP contribution is 2.23. The zero-order valence-electron chi connectivity index (χ0n) is 14.7. The van der Waals surface area contributed by atoms with Crippen molar-refractivity contribution in [3.63, 3.8) is 0 Å². The SMILES string of the molecule is CCCCn1nc(C(=O)N2CCOC(c3ccc(F)cc3)C2)ccc1=O. The summed E-state index contributed by atoms with van der Waals surface area (Å²) < 4.78 is 20.2. The number of nitrogens with zero attached hydrogens (tertiary/aromatic N) is 3. The smallest absolute Gasteiger partial charge is 0.274 e. The first-order valence-electron chi connectivity index (χ1n) is 8.83. The normalized spacial score (nSPS) is 17.3. The van der Waals surface area contributed by atoms with Crippen molar-refractivity contribution in [3.05, 3.63) is 63.8 Å². The number of halogens is 1. The molecule has 1 unspecified atom stereocenters. The molecule has 6 nitrogen and oxygen atoms in total. The summed E-state index contributed by atoms with van der Waals surface area (Å²) in [6.45, 7) is 3.73. The summed E-state index contributed by atoms with van der Waals surface area (Å²) in [4.78, 5) is 26.3. The number of unbranched alkanes of at least 4 members (excludes halogenated alkanes) is 1. The van der Waals surface area contributed by atoms with E-state index in [2.05, 4.69) is 5.10 Å². The zero-order valence-corrected chi connectivity index (χ0v) is 14.7. The molecule has 0 bridgehead atoms. The third-order valence-electron chi connectivity index (χ3n) is 4.40. The summed E-state index contributed by atoms with van der Waals surface area (Å²) in [6, 6.07) is 8.94. The molecule has 0 aliphatic carbocycles. The van der Waals surface area contributed by atoms with Gasteiger partial charge in [-0.1, -0.05) is 25.5 Å². The number of hydrogen-bond donors (Lipinski definition) is 0. The summed E-state index contributed by atoms with van der Waals surface area (Å²) in [5.74, 6) is -0.540. The predicted molar refractivity (Wildman–Crippen MR) is 94.4 cm³/mol. The Balaban J connectivity index is 1.74. The van der Waals surface area contributed by atoms with Crippen molar-refractivity contribution in [1.82, 2.24) is 14.7 Å². The number of carbonyl (C=O) groups excluding carboxylic acids is 1. The highest BCUT2D eigenvalue weighted by Gasteiger charge is 2.27. The van der Waals surface area contributed by atoms with Crippen LogP contribution in [0.1, 0.15) is 41.9 Å². The van der Waals surface area contributed by atoms with Gasteiger partial charge in [-0.3, -0.25) is 9.59 Å². The molecule has 0 radical (unpaired) electrons. The second-order valence-electron chi connectivity index (χ2n) is 6.30. The number of hydrogen-bond acceptors (Lipinski definition) is 4. The molecule has 1 aromatic heterocycles. The van der Waals surface area contributed by atoms with Crippen LogP contribution in [-0.4, -0.2) is 40.3 Å². The van der Waals surface area contributed by atoms with E-state index in [0.717, 1.165) is 18.4 Å². The van der Waals surface area contributed by atoms with E-state index in [1.54, 1.807) is 17.0 Å². The first kappa shape index (κ1) is 18.3. The van der Waals surface area contributed by atoms with Crippen molar-refractivity contribution in [3.8, 4) is 0 Å². The van der Waals surface area contributed by atoms with Crippen molar-refractivity contribution in [2.45, 2.75) is 32.4 Å². The lowest BCUT2D eigenvalue weighted by Gasteiger charge is -2.33. The Morgan fingerprint density at radius 3 is 2.77 bits per heavy atom. The average Bonchev–Trinajstić information content (AvgIpc) is 2.67. The van der Waals surface area contributed by atoms with Crippen LogP contribution < -0.4 is 5.56 Å². The molecule has 26 heavy (non-hydrogen) atoms. The Morgan fingerprint density at radius 1 is 1.27 bits per heavy atom. The fraction of sp³-hybridized carbons (Fsp3) is 0.421. The molecule has 7 heteroatoms. The number of aromatic nitrogens is 2. The monoisotopic (exact) mass is 359 g/mol. The first-order valence-corrected chi connectivity index (χ1v) is 8.83.